The van der Waals surface area contributed by atoms with Crippen LogP contribution < -0.4 is 5.69 Å². The maximum Gasteiger partial charge on any atom is 0.350 e. The summed E-state index contributed by atoms with van der Waals surface area (Å²) in [7, 11) is 0. The Morgan fingerprint density at radius 2 is 2.56 bits per heavy atom. The van der Waals surface area contributed by atoms with Gasteiger partial charge in [-0.2, -0.15) is 4.98 Å². The summed E-state index contributed by atoms with van der Waals surface area (Å²) in [5.41, 5.74) is -0.824. The zero-order valence-corrected chi connectivity index (χ0v) is 9.41. The molecule has 2 rings (SSSR count). The fourth-order valence-corrected chi connectivity index (χ4v) is 2.35. The Kier molecular flexibility index (Phi) is 3.27. The maximum atomic E-state index is 13.3. The van der Waals surface area contributed by atoms with Gasteiger partial charge in [-0.25, -0.2) is 9.18 Å². The van der Waals surface area contributed by atoms with Crippen molar-refractivity contribution >= 4 is 11.8 Å². The Balaban J connectivity index is 2.28. The first-order valence-electron chi connectivity index (χ1n) is 4.75. The van der Waals surface area contributed by atoms with E-state index in [4.69, 9.17) is 9.84 Å². The molecule has 88 valence electrons. The van der Waals surface area contributed by atoms with Crippen LogP contribution in [-0.4, -0.2) is 32.5 Å². The Morgan fingerprint density at radius 1 is 1.81 bits per heavy atom. The molecule has 1 N–H and O–H groups in total. The van der Waals surface area contributed by atoms with Gasteiger partial charge in [-0.15, -0.1) is 11.8 Å². The van der Waals surface area contributed by atoms with E-state index in [9.17, 15) is 9.18 Å². The topological polar surface area (TPSA) is 64.4 Å². The van der Waals surface area contributed by atoms with Crippen LogP contribution in [0.5, 0.6) is 0 Å². The molecular weight excluding hydrogens is 235 g/mol. The number of halogens is 1. The highest BCUT2D eigenvalue weighted by Gasteiger charge is 2.27. The lowest BCUT2D eigenvalue weighted by Crippen LogP contribution is -2.29. The first-order valence-corrected chi connectivity index (χ1v) is 5.80. The molecule has 0 spiro atoms. The second kappa shape index (κ2) is 4.52. The highest BCUT2D eigenvalue weighted by Crippen LogP contribution is 2.30. The number of nitrogens with zero attached hydrogens (tertiary/aromatic N) is 2. The molecule has 2 heterocycles. The Morgan fingerprint density at radius 3 is 3.19 bits per heavy atom. The molecule has 7 heteroatoms. The van der Waals surface area contributed by atoms with Crippen LogP contribution >= 0.6 is 11.8 Å². The zero-order chi connectivity index (χ0) is 11.7. The lowest BCUT2D eigenvalue weighted by Gasteiger charge is -2.13. The third kappa shape index (κ3) is 2.11. The molecule has 1 fully saturated rings. The largest absolute Gasteiger partial charge is 0.393 e. The fraction of sp³-hybridized carbons (Fsp3) is 0.556. The minimum atomic E-state index is -0.558. The molecule has 1 saturated heterocycles. The van der Waals surface area contributed by atoms with Crippen LogP contribution in [-0.2, 0) is 4.74 Å². The van der Waals surface area contributed by atoms with Crippen LogP contribution in [0.15, 0.2) is 11.0 Å². The summed E-state index contributed by atoms with van der Waals surface area (Å²) in [6.45, 7) is 1.31. The van der Waals surface area contributed by atoms with Gasteiger partial charge in [0.05, 0.1) is 12.3 Å². The van der Waals surface area contributed by atoms with Crippen LogP contribution in [0.1, 0.15) is 11.9 Å². The van der Waals surface area contributed by atoms with Gasteiger partial charge in [0.2, 0.25) is 0 Å². The van der Waals surface area contributed by atoms with Gasteiger partial charge in [-0.3, -0.25) is 4.57 Å². The summed E-state index contributed by atoms with van der Waals surface area (Å²) >= 11 is 1.38. The van der Waals surface area contributed by atoms with Crippen molar-refractivity contribution in [3.8, 4) is 0 Å². The zero-order valence-electron chi connectivity index (χ0n) is 8.59. The Labute approximate surface area is 95.3 Å². The van der Waals surface area contributed by atoms with Gasteiger partial charge < -0.3 is 9.84 Å². The molecule has 1 aromatic rings. The number of thioether (sulfide) groups is 1. The monoisotopic (exact) mass is 246 g/mol. The molecule has 1 aliphatic heterocycles. The first-order chi connectivity index (χ1) is 7.61. The molecule has 0 aliphatic carbocycles. The SMILES string of the molecule is Cc1nc(=O)n(C2CSC(CO)O2)cc1F. The Hall–Kier alpha value is -0.920. The van der Waals surface area contributed by atoms with E-state index in [2.05, 4.69) is 4.98 Å². The van der Waals surface area contributed by atoms with E-state index in [1.807, 2.05) is 0 Å². The highest BCUT2D eigenvalue weighted by atomic mass is 32.2. The number of aliphatic hydroxyl groups is 1. The third-order valence-electron chi connectivity index (χ3n) is 2.28. The van der Waals surface area contributed by atoms with E-state index >= 15 is 0 Å². The molecule has 0 radical (unpaired) electrons. The average molecular weight is 246 g/mol. The second-order valence-electron chi connectivity index (χ2n) is 3.40. The molecule has 0 bridgehead atoms. The van der Waals surface area contributed by atoms with Crippen LogP contribution in [0.3, 0.4) is 0 Å². The number of aliphatic hydroxyl groups excluding tert-OH is 1. The number of aryl methyl sites for hydroxylation is 1. The lowest BCUT2D eigenvalue weighted by atomic mass is 10.4. The normalized spacial score (nSPS) is 24.9. The van der Waals surface area contributed by atoms with Gasteiger partial charge >= 0.3 is 5.69 Å². The van der Waals surface area contributed by atoms with Crippen molar-refractivity contribution in [2.75, 3.05) is 12.4 Å². The van der Waals surface area contributed by atoms with Gasteiger partial charge in [0, 0.05) is 11.9 Å². The number of aromatic nitrogens is 2. The van der Waals surface area contributed by atoms with Gasteiger partial charge in [-0.05, 0) is 6.92 Å². The molecule has 5 nitrogen and oxygen atoms in total. The van der Waals surface area contributed by atoms with Crippen LogP contribution in [0, 0.1) is 12.7 Å². The van der Waals surface area contributed by atoms with Crippen molar-refractivity contribution in [2.45, 2.75) is 18.6 Å². The number of hydrogen-bond donors (Lipinski definition) is 1. The van der Waals surface area contributed by atoms with Crippen LogP contribution in [0.4, 0.5) is 4.39 Å². The summed E-state index contributed by atoms with van der Waals surface area (Å²) in [5, 5.41) is 8.88. The first kappa shape index (κ1) is 11.6. The van der Waals surface area contributed by atoms with E-state index in [0.29, 0.717) is 5.75 Å². The van der Waals surface area contributed by atoms with Gasteiger partial charge in [0.15, 0.2) is 5.82 Å². The van der Waals surface area contributed by atoms with Crippen LogP contribution in [0.2, 0.25) is 0 Å². The Bertz CT molecular complexity index is 451. The predicted octanol–water partition coefficient (Wildman–Crippen LogP) is 0.271. The summed E-state index contributed by atoms with van der Waals surface area (Å²) < 4.78 is 19.7. The van der Waals surface area contributed by atoms with E-state index in [1.165, 1.54) is 18.7 Å². The van der Waals surface area contributed by atoms with Crippen molar-refractivity contribution in [2.24, 2.45) is 0 Å². The second-order valence-corrected chi connectivity index (χ2v) is 4.59. The molecular formula is C9H11FN2O3S. The summed E-state index contributed by atoms with van der Waals surface area (Å²) in [6.07, 6.45) is 0.535. The predicted molar refractivity (Wildman–Crippen MR) is 56.6 cm³/mol. The highest BCUT2D eigenvalue weighted by molar-refractivity contribution is 8.00. The average Bonchev–Trinajstić information content (AvgIpc) is 2.71. The van der Waals surface area contributed by atoms with Crippen molar-refractivity contribution in [1.82, 2.24) is 9.55 Å². The van der Waals surface area contributed by atoms with Crippen molar-refractivity contribution in [1.29, 1.82) is 0 Å². The summed E-state index contributed by atoms with van der Waals surface area (Å²) in [6, 6.07) is 0. The van der Waals surface area contributed by atoms with Crippen molar-refractivity contribution < 1.29 is 14.2 Å². The third-order valence-corrected chi connectivity index (χ3v) is 3.38. The van der Waals surface area contributed by atoms with Gasteiger partial charge in [0.1, 0.15) is 11.7 Å². The molecule has 0 aromatic carbocycles. The number of hydrogen-bond acceptors (Lipinski definition) is 5. The minimum absolute atomic E-state index is 0.0746. The summed E-state index contributed by atoms with van der Waals surface area (Å²) in [4.78, 5) is 15.1. The summed E-state index contributed by atoms with van der Waals surface area (Å²) in [5.74, 6) is -0.0457. The minimum Gasteiger partial charge on any atom is -0.393 e. The molecule has 2 atom stereocenters. The van der Waals surface area contributed by atoms with E-state index in [-0.39, 0.29) is 17.7 Å². The van der Waals surface area contributed by atoms with E-state index in [1.54, 1.807) is 0 Å². The molecule has 16 heavy (non-hydrogen) atoms. The fourth-order valence-electron chi connectivity index (χ4n) is 1.42. The quantitative estimate of drug-likeness (QED) is 0.811. The molecule has 0 amide bonds. The standard InChI is InChI=1S/C9H11FN2O3S/c1-5-6(10)2-12(9(14)11-5)7-4-16-8(3-13)15-7/h2,7-8,13H,3-4H2,1H3. The molecule has 1 aromatic heterocycles. The van der Waals surface area contributed by atoms with Crippen LogP contribution in [0.25, 0.3) is 0 Å². The molecule has 0 saturated carbocycles. The maximum absolute atomic E-state index is 13.3. The van der Waals surface area contributed by atoms with E-state index in [0.717, 1.165) is 10.8 Å². The lowest BCUT2D eigenvalue weighted by molar-refractivity contribution is -0.00690. The smallest absolute Gasteiger partial charge is 0.350 e. The number of rotatable bonds is 2. The number of ether oxygens (including phenoxy) is 1. The van der Waals surface area contributed by atoms with Crippen molar-refractivity contribution in [3.05, 3.63) is 28.2 Å². The van der Waals surface area contributed by atoms with Crippen molar-refractivity contribution in [3.63, 3.8) is 0 Å². The van der Waals surface area contributed by atoms with Gasteiger partial charge in [0.25, 0.3) is 0 Å². The van der Waals surface area contributed by atoms with Gasteiger partial charge in [-0.1, -0.05) is 0 Å². The van der Waals surface area contributed by atoms with E-state index < -0.39 is 17.7 Å². The molecule has 2 unspecified atom stereocenters. The molecule has 1 aliphatic rings.